The molecule has 1 saturated heterocycles. The molecule has 14 heavy (non-hydrogen) atoms. The molecule has 1 aliphatic rings. The molecule has 0 aromatic carbocycles. The highest BCUT2D eigenvalue weighted by atomic mass is 16.7. The van der Waals surface area contributed by atoms with Crippen molar-refractivity contribution in [2.75, 3.05) is 13.2 Å². The van der Waals surface area contributed by atoms with Crippen molar-refractivity contribution in [3.63, 3.8) is 0 Å². The van der Waals surface area contributed by atoms with Crippen LogP contribution in [-0.2, 0) is 14.3 Å². The molecule has 0 radical (unpaired) electrons. The first-order valence-electron chi connectivity index (χ1n) is 5.51. The van der Waals surface area contributed by atoms with E-state index >= 15 is 0 Å². The highest BCUT2D eigenvalue weighted by molar-refractivity contribution is 5.52. The minimum absolute atomic E-state index is 0.00953. The molecule has 0 bridgehead atoms. The first-order chi connectivity index (χ1) is 6.83. The van der Waals surface area contributed by atoms with E-state index in [1.807, 2.05) is 6.92 Å². The molecule has 0 aromatic heterocycles. The summed E-state index contributed by atoms with van der Waals surface area (Å²) in [7, 11) is 0. The number of hydrogen-bond acceptors (Lipinski definition) is 3. The van der Waals surface area contributed by atoms with E-state index in [0.717, 1.165) is 38.6 Å². The molecule has 2 atom stereocenters. The maximum atomic E-state index is 10.3. The molecule has 0 N–H and O–H groups in total. The van der Waals surface area contributed by atoms with Gasteiger partial charge in [-0.2, -0.15) is 0 Å². The summed E-state index contributed by atoms with van der Waals surface area (Å²) in [5.41, 5.74) is 0. The van der Waals surface area contributed by atoms with Crippen molar-refractivity contribution >= 4 is 6.29 Å². The lowest BCUT2D eigenvalue weighted by atomic mass is 10.1. The third-order valence-electron chi connectivity index (χ3n) is 2.48. The van der Waals surface area contributed by atoms with E-state index in [2.05, 4.69) is 0 Å². The van der Waals surface area contributed by atoms with Crippen molar-refractivity contribution in [3.05, 3.63) is 0 Å². The summed E-state index contributed by atoms with van der Waals surface area (Å²) in [5, 5.41) is 0. The summed E-state index contributed by atoms with van der Waals surface area (Å²) >= 11 is 0. The third kappa shape index (κ3) is 4.72. The van der Waals surface area contributed by atoms with Crippen molar-refractivity contribution in [2.24, 2.45) is 5.92 Å². The summed E-state index contributed by atoms with van der Waals surface area (Å²) < 4.78 is 11.0. The lowest BCUT2D eigenvalue weighted by Gasteiger charge is -2.22. The molecular formula is C11H20O3. The van der Waals surface area contributed by atoms with Gasteiger partial charge in [-0.1, -0.05) is 6.92 Å². The molecule has 0 aromatic rings. The van der Waals surface area contributed by atoms with Crippen LogP contribution in [0.1, 0.15) is 39.0 Å². The van der Waals surface area contributed by atoms with Gasteiger partial charge in [0.05, 0.1) is 0 Å². The summed E-state index contributed by atoms with van der Waals surface area (Å²) in [6.07, 6.45) is 6.24. The Morgan fingerprint density at radius 3 is 3.07 bits per heavy atom. The van der Waals surface area contributed by atoms with E-state index in [0.29, 0.717) is 6.61 Å². The zero-order chi connectivity index (χ0) is 10.2. The van der Waals surface area contributed by atoms with Crippen LogP contribution in [0.3, 0.4) is 0 Å². The molecule has 82 valence electrons. The van der Waals surface area contributed by atoms with E-state index in [9.17, 15) is 4.79 Å². The molecule has 3 heteroatoms. The number of hydrogen-bond donors (Lipinski definition) is 0. The Morgan fingerprint density at radius 1 is 1.57 bits per heavy atom. The van der Waals surface area contributed by atoms with Gasteiger partial charge < -0.3 is 14.3 Å². The first-order valence-corrected chi connectivity index (χ1v) is 5.51. The zero-order valence-corrected chi connectivity index (χ0v) is 8.91. The molecule has 1 rings (SSSR count). The second-order valence-corrected chi connectivity index (χ2v) is 3.92. The van der Waals surface area contributed by atoms with Crippen molar-refractivity contribution in [1.82, 2.24) is 0 Å². The van der Waals surface area contributed by atoms with Crippen LogP contribution in [0.4, 0.5) is 0 Å². The van der Waals surface area contributed by atoms with Crippen LogP contribution in [0.2, 0.25) is 0 Å². The molecule has 0 amide bonds. The van der Waals surface area contributed by atoms with E-state index in [1.165, 1.54) is 6.42 Å². The quantitative estimate of drug-likeness (QED) is 0.487. The maximum Gasteiger partial charge on any atom is 0.157 e. The van der Waals surface area contributed by atoms with E-state index < -0.39 is 0 Å². The lowest BCUT2D eigenvalue weighted by molar-refractivity contribution is -0.163. The van der Waals surface area contributed by atoms with Crippen molar-refractivity contribution in [2.45, 2.75) is 45.3 Å². The Balaban J connectivity index is 1.94. The summed E-state index contributed by atoms with van der Waals surface area (Å²) in [5.74, 6) is 0.158. The fraction of sp³-hybridized carbons (Fsp3) is 0.909. The van der Waals surface area contributed by atoms with E-state index in [4.69, 9.17) is 9.47 Å². The molecule has 0 saturated carbocycles. The average Bonchev–Trinajstić information content (AvgIpc) is 2.25. The monoisotopic (exact) mass is 200 g/mol. The number of carbonyl (C=O) groups is 1. The topological polar surface area (TPSA) is 35.5 Å². The Labute approximate surface area is 85.8 Å². The second kappa shape index (κ2) is 6.96. The van der Waals surface area contributed by atoms with Crippen molar-refractivity contribution < 1.29 is 14.3 Å². The fourth-order valence-corrected chi connectivity index (χ4v) is 1.53. The van der Waals surface area contributed by atoms with Gasteiger partial charge in [0, 0.05) is 19.1 Å². The summed E-state index contributed by atoms with van der Waals surface area (Å²) in [6, 6.07) is 0. The van der Waals surface area contributed by atoms with Crippen LogP contribution in [0, 0.1) is 5.92 Å². The Bertz CT molecular complexity index is 153. The Morgan fingerprint density at radius 2 is 2.43 bits per heavy atom. The molecule has 1 unspecified atom stereocenters. The largest absolute Gasteiger partial charge is 0.353 e. The van der Waals surface area contributed by atoms with Crippen LogP contribution in [0.15, 0.2) is 0 Å². The molecule has 1 heterocycles. The van der Waals surface area contributed by atoms with Gasteiger partial charge in [0.15, 0.2) is 6.29 Å². The van der Waals surface area contributed by atoms with Crippen LogP contribution in [-0.4, -0.2) is 25.8 Å². The van der Waals surface area contributed by atoms with E-state index in [-0.39, 0.29) is 12.2 Å². The van der Waals surface area contributed by atoms with Crippen LogP contribution < -0.4 is 0 Å². The minimum atomic E-state index is 0.00953. The zero-order valence-electron chi connectivity index (χ0n) is 8.91. The van der Waals surface area contributed by atoms with Gasteiger partial charge in [-0.3, -0.25) is 0 Å². The van der Waals surface area contributed by atoms with Gasteiger partial charge in [-0.05, 0) is 32.1 Å². The Kier molecular flexibility index (Phi) is 5.80. The van der Waals surface area contributed by atoms with Gasteiger partial charge in [0.25, 0.3) is 0 Å². The first kappa shape index (κ1) is 11.7. The van der Waals surface area contributed by atoms with Gasteiger partial charge in [0.2, 0.25) is 0 Å². The predicted octanol–water partition coefficient (Wildman–Crippen LogP) is 2.14. The number of aldehydes is 1. The SMILES string of the molecule is C[C@@H](C=O)CCCOC1CCCCO1. The molecule has 1 fully saturated rings. The Hall–Kier alpha value is -0.410. The highest BCUT2D eigenvalue weighted by Crippen LogP contribution is 2.14. The predicted molar refractivity (Wildman–Crippen MR) is 54.0 cm³/mol. The molecule has 0 spiro atoms. The van der Waals surface area contributed by atoms with Crippen LogP contribution in [0.5, 0.6) is 0 Å². The lowest BCUT2D eigenvalue weighted by Crippen LogP contribution is -2.22. The minimum Gasteiger partial charge on any atom is -0.353 e. The van der Waals surface area contributed by atoms with E-state index in [1.54, 1.807) is 0 Å². The van der Waals surface area contributed by atoms with Crippen LogP contribution >= 0.6 is 0 Å². The number of ether oxygens (including phenoxy) is 2. The third-order valence-corrected chi connectivity index (χ3v) is 2.48. The molecular weight excluding hydrogens is 180 g/mol. The standard InChI is InChI=1S/C11H20O3/c1-10(9-12)5-4-8-14-11-6-2-3-7-13-11/h9-11H,2-8H2,1H3/t10-,11?/m1/s1. The summed E-state index contributed by atoms with van der Waals surface area (Å²) in [6.45, 7) is 3.47. The molecule has 0 aliphatic carbocycles. The van der Waals surface area contributed by atoms with Crippen LogP contribution in [0.25, 0.3) is 0 Å². The van der Waals surface area contributed by atoms with Gasteiger partial charge in [0.1, 0.15) is 6.29 Å². The smallest absolute Gasteiger partial charge is 0.157 e. The number of rotatable bonds is 6. The van der Waals surface area contributed by atoms with Crippen molar-refractivity contribution in [1.29, 1.82) is 0 Å². The number of carbonyl (C=O) groups excluding carboxylic acids is 1. The summed E-state index contributed by atoms with van der Waals surface area (Å²) in [4.78, 5) is 10.3. The fourth-order valence-electron chi connectivity index (χ4n) is 1.53. The van der Waals surface area contributed by atoms with Gasteiger partial charge in [-0.25, -0.2) is 0 Å². The molecule has 3 nitrogen and oxygen atoms in total. The second-order valence-electron chi connectivity index (χ2n) is 3.92. The van der Waals surface area contributed by atoms with Gasteiger partial charge >= 0.3 is 0 Å². The average molecular weight is 200 g/mol. The van der Waals surface area contributed by atoms with Gasteiger partial charge in [-0.15, -0.1) is 0 Å². The highest BCUT2D eigenvalue weighted by Gasteiger charge is 2.13. The molecule has 1 aliphatic heterocycles. The normalized spacial score (nSPS) is 24.5. The van der Waals surface area contributed by atoms with Crippen molar-refractivity contribution in [3.8, 4) is 0 Å². The maximum absolute atomic E-state index is 10.3.